The minimum atomic E-state index is 0.474. The van der Waals surface area contributed by atoms with E-state index in [0.29, 0.717) is 5.88 Å². The zero-order chi connectivity index (χ0) is 15.0. The quantitative estimate of drug-likeness (QED) is 0.785. The number of aromatic nitrogens is 4. The molecule has 2 unspecified atom stereocenters. The number of aryl methyl sites for hydroxylation is 2. The van der Waals surface area contributed by atoms with Gasteiger partial charge in [-0.1, -0.05) is 33.1 Å². The first kappa shape index (κ1) is 14.9. The van der Waals surface area contributed by atoms with Gasteiger partial charge in [0.05, 0.1) is 11.6 Å². The number of imidazole rings is 1. The highest BCUT2D eigenvalue weighted by Gasteiger charge is 2.26. The summed E-state index contributed by atoms with van der Waals surface area (Å²) >= 11 is 6.15. The standard InChI is InChI=1S/C16H25ClN4/c1-4-6-13-15-16(20(3)19-13)21(14(9-17)18-15)10-12-8-5-7-11(12)2/h11-12H,4-10H2,1-3H3. The average molecular weight is 309 g/mol. The van der Waals surface area contributed by atoms with Gasteiger partial charge in [-0.25, -0.2) is 4.98 Å². The lowest BCUT2D eigenvalue weighted by atomic mass is 9.98. The van der Waals surface area contributed by atoms with Crippen LogP contribution in [0.25, 0.3) is 11.2 Å². The maximum absolute atomic E-state index is 6.15. The molecule has 0 bridgehead atoms. The lowest BCUT2D eigenvalue weighted by Crippen LogP contribution is -2.16. The van der Waals surface area contributed by atoms with Crippen LogP contribution in [-0.2, 0) is 25.9 Å². The summed E-state index contributed by atoms with van der Waals surface area (Å²) in [5, 5.41) is 4.66. The Kier molecular flexibility index (Phi) is 4.25. The Bertz CT molecular complexity index is 628. The summed E-state index contributed by atoms with van der Waals surface area (Å²) in [5.74, 6) is 3.01. The molecular formula is C16H25ClN4. The van der Waals surface area contributed by atoms with Crippen LogP contribution in [0, 0.1) is 11.8 Å². The van der Waals surface area contributed by atoms with Crippen LogP contribution in [0.5, 0.6) is 0 Å². The molecule has 1 aliphatic carbocycles. The van der Waals surface area contributed by atoms with Crippen LogP contribution in [0.15, 0.2) is 0 Å². The Balaban J connectivity index is 2.03. The third-order valence-corrected chi connectivity index (χ3v) is 5.17. The van der Waals surface area contributed by atoms with Crippen molar-refractivity contribution in [2.45, 2.75) is 58.4 Å². The van der Waals surface area contributed by atoms with Crippen molar-refractivity contribution in [2.75, 3.05) is 0 Å². The van der Waals surface area contributed by atoms with E-state index < -0.39 is 0 Å². The van der Waals surface area contributed by atoms with Crippen molar-refractivity contribution in [1.29, 1.82) is 0 Å². The molecule has 1 saturated carbocycles. The summed E-state index contributed by atoms with van der Waals surface area (Å²) in [4.78, 5) is 4.79. The summed E-state index contributed by atoms with van der Waals surface area (Å²) in [7, 11) is 2.02. The van der Waals surface area contributed by atoms with Gasteiger partial charge in [-0.3, -0.25) is 4.68 Å². The molecule has 116 valence electrons. The topological polar surface area (TPSA) is 35.6 Å². The fourth-order valence-electron chi connectivity index (χ4n) is 3.71. The van der Waals surface area contributed by atoms with E-state index >= 15 is 0 Å². The minimum absolute atomic E-state index is 0.474. The van der Waals surface area contributed by atoms with Gasteiger partial charge in [0.25, 0.3) is 0 Å². The highest BCUT2D eigenvalue weighted by molar-refractivity contribution is 6.16. The third kappa shape index (κ3) is 2.59. The SMILES string of the molecule is CCCc1nn(C)c2c1nc(CCl)n2CC1CCCC1C. The number of alkyl halides is 1. The van der Waals surface area contributed by atoms with E-state index in [9.17, 15) is 0 Å². The summed E-state index contributed by atoms with van der Waals surface area (Å²) in [6.45, 7) is 5.59. The van der Waals surface area contributed by atoms with Crippen LogP contribution in [0.1, 0.15) is 51.0 Å². The highest BCUT2D eigenvalue weighted by Crippen LogP contribution is 2.34. The number of hydrogen-bond donors (Lipinski definition) is 0. The summed E-state index contributed by atoms with van der Waals surface area (Å²) < 4.78 is 4.31. The first-order valence-corrected chi connectivity index (χ1v) is 8.66. The highest BCUT2D eigenvalue weighted by atomic mass is 35.5. The molecule has 1 fully saturated rings. The molecule has 4 nitrogen and oxygen atoms in total. The minimum Gasteiger partial charge on any atom is -0.312 e. The molecule has 0 radical (unpaired) electrons. The molecule has 2 aromatic heterocycles. The molecule has 0 aromatic carbocycles. The summed E-state index contributed by atoms with van der Waals surface area (Å²) in [6, 6.07) is 0. The molecule has 2 atom stereocenters. The van der Waals surface area contributed by atoms with Crippen molar-refractivity contribution in [3.05, 3.63) is 11.5 Å². The molecule has 1 aliphatic rings. The van der Waals surface area contributed by atoms with Crippen molar-refractivity contribution in [3.8, 4) is 0 Å². The van der Waals surface area contributed by atoms with E-state index in [-0.39, 0.29) is 0 Å². The normalized spacial score (nSPS) is 22.5. The Morgan fingerprint density at radius 1 is 1.33 bits per heavy atom. The monoisotopic (exact) mass is 308 g/mol. The maximum Gasteiger partial charge on any atom is 0.158 e. The molecule has 0 spiro atoms. The lowest BCUT2D eigenvalue weighted by Gasteiger charge is -2.18. The van der Waals surface area contributed by atoms with Crippen molar-refractivity contribution < 1.29 is 0 Å². The van der Waals surface area contributed by atoms with Gasteiger partial charge in [0.2, 0.25) is 0 Å². The average Bonchev–Trinajstić information content (AvgIpc) is 3.10. The van der Waals surface area contributed by atoms with Crippen LogP contribution in [0.2, 0.25) is 0 Å². The maximum atomic E-state index is 6.15. The second-order valence-corrected chi connectivity index (χ2v) is 6.70. The number of hydrogen-bond acceptors (Lipinski definition) is 2. The molecule has 0 N–H and O–H groups in total. The number of rotatable bonds is 5. The molecule has 0 aliphatic heterocycles. The second kappa shape index (κ2) is 5.99. The fourth-order valence-corrected chi connectivity index (χ4v) is 3.92. The third-order valence-electron chi connectivity index (χ3n) is 4.93. The van der Waals surface area contributed by atoms with Crippen LogP contribution in [0.4, 0.5) is 0 Å². The smallest absolute Gasteiger partial charge is 0.158 e. The van der Waals surface area contributed by atoms with Crippen LogP contribution < -0.4 is 0 Å². The van der Waals surface area contributed by atoms with Gasteiger partial charge in [0.1, 0.15) is 11.3 Å². The van der Waals surface area contributed by atoms with Crippen LogP contribution in [0.3, 0.4) is 0 Å². The van der Waals surface area contributed by atoms with Gasteiger partial charge in [-0.05, 0) is 24.7 Å². The predicted molar refractivity (Wildman–Crippen MR) is 86.6 cm³/mol. The molecule has 0 amide bonds. The second-order valence-electron chi connectivity index (χ2n) is 6.43. The van der Waals surface area contributed by atoms with E-state index in [1.807, 2.05) is 11.7 Å². The first-order valence-electron chi connectivity index (χ1n) is 8.12. The van der Waals surface area contributed by atoms with Crippen molar-refractivity contribution >= 4 is 22.8 Å². The van der Waals surface area contributed by atoms with E-state index in [1.54, 1.807) is 0 Å². The lowest BCUT2D eigenvalue weighted by molar-refractivity contribution is 0.362. The van der Waals surface area contributed by atoms with Gasteiger partial charge in [-0.15, -0.1) is 11.6 Å². The van der Waals surface area contributed by atoms with E-state index in [0.717, 1.165) is 53.9 Å². The fraction of sp³-hybridized carbons (Fsp3) is 0.750. The number of halogens is 1. The number of fused-ring (bicyclic) bond motifs is 1. The molecule has 0 saturated heterocycles. The molecule has 2 heterocycles. The first-order chi connectivity index (χ1) is 10.2. The van der Waals surface area contributed by atoms with E-state index in [4.69, 9.17) is 16.6 Å². The predicted octanol–water partition coefficient (Wildman–Crippen LogP) is 3.90. The van der Waals surface area contributed by atoms with Crippen molar-refractivity contribution in [3.63, 3.8) is 0 Å². The molecule has 3 rings (SSSR count). The van der Waals surface area contributed by atoms with Gasteiger partial charge in [0.15, 0.2) is 5.65 Å². The van der Waals surface area contributed by atoms with Gasteiger partial charge in [-0.2, -0.15) is 5.10 Å². The largest absolute Gasteiger partial charge is 0.312 e. The Labute approximate surface area is 131 Å². The van der Waals surface area contributed by atoms with Gasteiger partial charge < -0.3 is 4.57 Å². The van der Waals surface area contributed by atoms with E-state index in [1.165, 1.54) is 19.3 Å². The zero-order valence-corrected chi connectivity index (χ0v) is 14.0. The molecule has 21 heavy (non-hydrogen) atoms. The summed E-state index contributed by atoms with van der Waals surface area (Å²) in [6.07, 6.45) is 6.10. The van der Waals surface area contributed by atoms with E-state index in [2.05, 4.69) is 23.5 Å². The van der Waals surface area contributed by atoms with Crippen LogP contribution >= 0.6 is 11.6 Å². The van der Waals surface area contributed by atoms with Crippen molar-refractivity contribution in [1.82, 2.24) is 19.3 Å². The molecular weight excluding hydrogens is 284 g/mol. The van der Waals surface area contributed by atoms with Crippen LogP contribution in [-0.4, -0.2) is 19.3 Å². The van der Waals surface area contributed by atoms with Crippen molar-refractivity contribution in [2.24, 2.45) is 18.9 Å². The Morgan fingerprint density at radius 2 is 2.14 bits per heavy atom. The van der Waals surface area contributed by atoms with Gasteiger partial charge >= 0.3 is 0 Å². The number of nitrogens with zero attached hydrogens (tertiary/aromatic N) is 4. The zero-order valence-electron chi connectivity index (χ0n) is 13.3. The summed E-state index contributed by atoms with van der Waals surface area (Å²) in [5.41, 5.74) is 3.31. The Hall–Kier alpha value is -1.03. The molecule has 5 heteroatoms. The molecule has 2 aromatic rings. The Morgan fingerprint density at radius 3 is 2.76 bits per heavy atom. The van der Waals surface area contributed by atoms with Gasteiger partial charge in [0, 0.05) is 13.6 Å².